The molecule has 4 heteroatoms. The molecule has 0 heterocycles. The van der Waals surface area contributed by atoms with Crippen LogP contribution in [0.25, 0.3) is 6.08 Å². The topological polar surface area (TPSA) is 32.7 Å². The van der Waals surface area contributed by atoms with Crippen LogP contribution < -0.4 is 4.74 Å². The van der Waals surface area contributed by atoms with E-state index in [4.69, 9.17) is 16.3 Å². The molecule has 3 rings (SSSR count). The Morgan fingerprint density at radius 2 is 1.96 bits per heavy atom. The van der Waals surface area contributed by atoms with E-state index in [-0.39, 0.29) is 5.92 Å². The SMILES string of the molecule is COc1cccc(CC2(O)/C(=C\c3ccc(Cl)cc3)CCCC2CN(C)C)c1. The third-order valence-corrected chi connectivity index (χ3v) is 5.89. The van der Waals surface area contributed by atoms with Gasteiger partial charge in [-0.3, -0.25) is 0 Å². The van der Waals surface area contributed by atoms with E-state index in [2.05, 4.69) is 31.1 Å². The van der Waals surface area contributed by atoms with Gasteiger partial charge < -0.3 is 14.7 Å². The van der Waals surface area contributed by atoms with Crippen LogP contribution >= 0.6 is 11.6 Å². The van der Waals surface area contributed by atoms with Crippen LogP contribution in [0.3, 0.4) is 0 Å². The van der Waals surface area contributed by atoms with Gasteiger partial charge in [0.25, 0.3) is 0 Å². The van der Waals surface area contributed by atoms with Gasteiger partial charge in [0.2, 0.25) is 0 Å². The summed E-state index contributed by atoms with van der Waals surface area (Å²) in [6.07, 6.45) is 5.77. The minimum Gasteiger partial charge on any atom is -0.497 e. The molecule has 0 amide bonds. The van der Waals surface area contributed by atoms with Crippen LogP contribution in [0.2, 0.25) is 5.02 Å². The summed E-state index contributed by atoms with van der Waals surface area (Å²) in [6.45, 7) is 0.860. The molecule has 1 saturated carbocycles. The van der Waals surface area contributed by atoms with Gasteiger partial charge in [-0.2, -0.15) is 0 Å². The molecule has 3 nitrogen and oxygen atoms in total. The highest BCUT2D eigenvalue weighted by atomic mass is 35.5. The number of ether oxygens (including phenoxy) is 1. The zero-order valence-corrected chi connectivity index (χ0v) is 17.7. The fourth-order valence-electron chi connectivity index (χ4n) is 4.25. The number of aliphatic hydroxyl groups is 1. The zero-order chi connectivity index (χ0) is 20.1. The van der Waals surface area contributed by atoms with Gasteiger partial charge in [-0.15, -0.1) is 0 Å². The summed E-state index contributed by atoms with van der Waals surface area (Å²) in [5.41, 5.74) is 2.40. The average Bonchev–Trinajstić information content (AvgIpc) is 2.67. The van der Waals surface area contributed by atoms with Gasteiger partial charge in [0.1, 0.15) is 5.75 Å². The highest BCUT2D eigenvalue weighted by Crippen LogP contribution is 2.42. The molecule has 1 aliphatic rings. The van der Waals surface area contributed by atoms with Crippen molar-refractivity contribution in [3.05, 3.63) is 70.3 Å². The second-order valence-corrected chi connectivity index (χ2v) is 8.46. The Balaban J connectivity index is 1.99. The van der Waals surface area contributed by atoms with Crippen molar-refractivity contribution in [2.24, 2.45) is 5.92 Å². The van der Waals surface area contributed by atoms with Crippen LogP contribution in [-0.4, -0.2) is 43.4 Å². The molecule has 0 saturated heterocycles. The van der Waals surface area contributed by atoms with Crippen LogP contribution in [0.1, 0.15) is 30.4 Å². The molecule has 1 fully saturated rings. The highest BCUT2D eigenvalue weighted by Gasteiger charge is 2.42. The maximum Gasteiger partial charge on any atom is 0.119 e. The van der Waals surface area contributed by atoms with E-state index >= 15 is 0 Å². The number of benzene rings is 2. The lowest BCUT2D eigenvalue weighted by atomic mass is 9.68. The standard InChI is InChI=1S/C24H30ClNO2/c1-26(2)17-21-8-5-7-20(14-18-10-12-22(25)13-11-18)24(21,27)16-19-6-4-9-23(15-19)28-3/h4,6,9-15,21,27H,5,7-8,16-17H2,1-3H3/b20-14-. The smallest absolute Gasteiger partial charge is 0.119 e. The third-order valence-electron chi connectivity index (χ3n) is 5.63. The Labute approximate surface area is 173 Å². The highest BCUT2D eigenvalue weighted by molar-refractivity contribution is 6.30. The van der Waals surface area contributed by atoms with Crippen LogP contribution in [0, 0.1) is 5.92 Å². The van der Waals surface area contributed by atoms with Crippen molar-refractivity contribution in [2.45, 2.75) is 31.3 Å². The molecular formula is C24H30ClNO2. The molecule has 2 aromatic carbocycles. The number of nitrogens with zero attached hydrogens (tertiary/aromatic N) is 1. The van der Waals surface area contributed by atoms with E-state index in [0.29, 0.717) is 6.42 Å². The Morgan fingerprint density at radius 1 is 1.21 bits per heavy atom. The van der Waals surface area contributed by atoms with Crippen molar-refractivity contribution in [1.82, 2.24) is 4.90 Å². The summed E-state index contributed by atoms with van der Waals surface area (Å²) in [5, 5.41) is 12.7. The molecule has 2 atom stereocenters. The van der Waals surface area contributed by atoms with Gasteiger partial charge in [0, 0.05) is 23.9 Å². The largest absolute Gasteiger partial charge is 0.497 e. The van der Waals surface area contributed by atoms with E-state index in [0.717, 1.165) is 53.3 Å². The zero-order valence-electron chi connectivity index (χ0n) is 17.0. The lowest BCUT2D eigenvalue weighted by molar-refractivity contribution is -0.0123. The fourth-order valence-corrected chi connectivity index (χ4v) is 4.37. The second-order valence-electron chi connectivity index (χ2n) is 8.03. The first-order chi connectivity index (χ1) is 13.4. The van der Waals surface area contributed by atoms with Gasteiger partial charge in [-0.05, 0) is 74.3 Å². The van der Waals surface area contributed by atoms with Gasteiger partial charge in [-0.25, -0.2) is 0 Å². The number of halogens is 1. The fraction of sp³-hybridized carbons (Fsp3) is 0.417. The van der Waals surface area contributed by atoms with Crippen molar-refractivity contribution < 1.29 is 9.84 Å². The van der Waals surface area contributed by atoms with Gasteiger partial charge in [-0.1, -0.05) is 41.9 Å². The number of methoxy groups -OCH3 is 1. The molecular weight excluding hydrogens is 370 g/mol. The van der Waals surface area contributed by atoms with E-state index in [9.17, 15) is 5.11 Å². The van der Waals surface area contributed by atoms with Crippen LogP contribution in [0.5, 0.6) is 5.75 Å². The Bertz CT molecular complexity index is 816. The Morgan fingerprint density at radius 3 is 2.64 bits per heavy atom. The van der Waals surface area contributed by atoms with Crippen molar-refractivity contribution in [2.75, 3.05) is 27.7 Å². The minimum atomic E-state index is -0.880. The minimum absolute atomic E-state index is 0.181. The molecule has 0 aromatic heterocycles. The number of rotatable bonds is 6. The summed E-state index contributed by atoms with van der Waals surface area (Å²) in [5.74, 6) is 1.00. The summed E-state index contributed by atoms with van der Waals surface area (Å²) in [4.78, 5) is 2.17. The first-order valence-corrected chi connectivity index (χ1v) is 10.2. The summed E-state index contributed by atoms with van der Waals surface area (Å²) >= 11 is 6.04. The molecule has 2 unspecified atom stereocenters. The quantitative estimate of drug-likeness (QED) is 0.736. The van der Waals surface area contributed by atoms with Crippen molar-refractivity contribution in [3.8, 4) is 5.75 Å². The van der Waals surface area contributed by atoms with Crippen molar-refractivity contribution in [3.63, 3.8) is 0 Å². The third kappa shape index (κ3) is 4.96. The average molecular weight is 400 g/mol. The summed E-state index contributed by atoms with van der Waals surface area (Å²) in [6, 6.07) is 15.8. The maximum atomic E-state index is 12.0. The van der Waals surface area contributed by atoms with Gasteiger partial charge in [0.05, 0.1) is 12.7 Å². The number of hydrogen-bond acceptors (Lipinski definition) is 3. The molecule has 1 aliphatic carbocycles. The molecule has 0 aliphatic heterocycles. The molecule has 0 bridgehead atoms. The van der Waals surface area contributed by atoms with Gasteiger partial charge >= 0.3 is 0 Å². The van der Waals surface area contributed by atoms with Crippen LogP contribution in [0.4, 0.5) is 0 Å². The lowest BCUT2D eigenvalue weighted by Crippen LogP contribution is -2.48. The predicted molar refractivity (Wildman–Crippen MR) is 117 cm³/mol. The molecule has 1 N–H and O–H groups in total. The first kappa shape index (κ1) is 20.9. The Kier molecular flexibility index (Phi) is 6.82. The molecule has 150 valence electrons. The van der Waals surface area contributed by atoms with Crippen molar-refractivity contribution in [1.29, 1.82) is 0 Å². The maximum absolute atomic E-state index is 12.0. The molecule has 0 spiro atoms. The summed E-state index contributed by atoms with van der Waals surface area (Å²) < 4.78 is 5.39. The second kappa shape index (κ2) is 9.13. The normalized spacial score (nSPS) is 23.9. The summed E-state index contributed by atoms with van der Waals surface area (Å²) in [7, 11) is 5.82. The number of hydrogen-bond donors (Lipinski definition) is 1. The van der Waals surface area contributed by atoms with Crippen molar-refractivity contribution >= 4 is 17.7 Å². The van der Waals surface area contributed by atoms with Gasteiger partial charge in [0.15, 0.2) is 0 Å². The van der Waals surface area contributed by atoms with Crippen LogP contribution in [-0.2, 0) is 6.42 Å². The molecule has 28 heavy (non-hydrogen) atoms. The van der Waals surface area contributed by atoms with E-state index < -0.39 is 5.60 Å². The molecule has 2 aromatic rings. The van der Waals surface area contributed by atoms with E-state index in [1.165, 1.54) is 0 Å². The van der Waals surface area contributed by atoms with E-state index in [1.807, 2.05) is 42.5 Å². The predicted octanol–water partition coefficient (Wildman–Crippen LogP) is 5.07. The molecule has 0 radical (unpaired) electrons. The monoisotopic (exact) mass is 399 g/mol. The van der Waals surface area contributed by atoms with E-state index in [1.54, 1.807) is 7.11 Å². The van der Waals surface area contributed by atoms with Crippen LogP contribution in [0.15, 0.2) is 54.1 Å². The first-order valence-electron chi connectivity index (χ1n) is 9.87. The Hall–Kier alpha value is -1.81. The lowest BCUT2D eigenvalue weighted by Gasteiger charge is -2.43.